The van der Waals surface area contributed by atoms with E-state index in [1.807, 2.05) is 6.07 Å². The summed E-state index contributed by atoms with van der Waals surface area (Å²) in [6, 6.07) is 8.85. The number of carbonyl (C=O) groups is 2. The molecular weight excluding hydrogens is 274 g/mol. The Morgan fingerprint density at radius 3 is 2.62 bits per heavy atom. The van der Waals surface area contributed by atoms with E-state index in [9.17, 15) is 14.7 Å². The Morgan fingerprint density at radius 2 is 2.00 bits per heavy atom. The van der Waals surface area contributed by atoms with Crippen molar-refractivity contribution in [3.63, 3.8) is 0 Å². The molecule has 0 fully saturated rings. The van der Waals surface area contributed by atoms with Crippen molar-refractivity contribution >= 4 is 11.9 Å². The Kier molecular flexibility index (Phi) is 4.34. The number of nitrogens with one attached hydrogen (secondary N) is 1. The monoisotopic (exact) mass is 289 g/mol. The zero-order valence-electron chi connectivity index (χ0n) is 11.4. The fraction of sp³-hybridized carbons (Fsp3) is 0.214. The molecule has 1 atom stereocenters. The van der Waals surface area contributed by atoms with Crippen molar-refractivity contribution in [2.24, 2.45) is 7.05 Å². The first-order chi connectivity index (χ1) is 9.99. The number of aliphatic hydroxyl groups is 1. The summed E-state index contributed by atoms with van der Waals surface area (Å²) in [5, 5.41) is 25.2. The number of aromatic nitrogens is 2. The van der Waals surface area contributed by atoms with E-state index in [1.54, 1.807) is 24.3 Å². The van der Waals surface area contributed by atoms with Gasteiger partial charge in [0.05, 0.1) is 6.10 Å². The first-order valence-electron chi connectivity index (χ1n) is 6.27. The topological polar surface area (TPSA) is 104 Å². The highest BCUT2D eigenvalue weighted by Gasteiger charge is 2.21. The van der Waals surface area contributed by atoms with E-state index in [4.69, 9.17) is 5.11 Å². The molecule has 1 amide bonds. The van der Waals surface area contributed by atoms with Gasteiger partial charge in [-0.2, -0.15) is 5.10 Å². The van der Waals surface area contributed by atoms with E-state index in [0.717, 1.165) is 0 Å². The smallest absolute Gasteiger partial charge is 0.339 e. The van der Waals surface area contributed by atoms with E-state index >= 15 is 0 Å². The maximum Gasteiger partial charge on any atom is 0.339 e. The zero-order chi connectivity index (χ0) is 15.4. The number of aliphatic hydroxyl groups excluding tert-OH is 1. The average Bonchev–Trinajstić information content (AvgIpc) is 2.87. The number of carbonyl (C=O) groups excluding carboxylic acids is 1. The first kappa shape index (κ1) is 14.7. The lowest BCUT2D eigenvalue weighted by Crippen LogP contribution is -2.29. The van der Waals surface area contributed by atoms with Gasteiger partial charge in [0.25, 0.3) is 5.91 Å². The number of carboxylic acids is 1. The summed E-state index contributed by atoms with van der Waals surface area (Å²) in [6.07, 6.45) is 0.386. The fourth-order valence-electron chi connectivity index (χ4n) is 1.88. The maximum absolute atomic E-state index is 12.0. The quantitative estimate of drug-likeness (QED) is 0.747. The number of rotatable bonds is 5. The highest BCUT2D eigenvalue weighted by molar-refractivity contribution is 6.03. The number of hydrogen-bond acceptors (Lipinski definition) is 4. The molecule has 1 aromatic heterocycles. The van der Waals surface area contributed by atoms with Gasteiger partial charge in [-0.1, -0.05) is 30.3 Å². The molecule has 3 N–H and O–H groups in total. The summed E-state index contributed by atoms with van der Waals surface area (Å²) in [6.45, 7) is -0.0293. The Morgan fingerprint density at radius 1 is 1.33 bits per heavy atom. The second-order valence-electron chi connectivity index (χ2n) is 4.51. The van der Waals surface area contributed by atoms with Crippen molar-refractivity contribution in [3.8, 4) is 0 Å². The van der Waals surface area contributed by atoms with Gasteiger partial charge in [0.2, 0.25) is 0 Å². The number of nitrogens with zero attached hydrogens (tertiary/aromatic N) is 2. The van der Waals surface area contributed by atoms with Crippen molar-refractivity contribution in [1.82, 2.24) is 15.1 Å². The third kappa shape index (κ3) is 3.46. The van der Waals surface area contributed by atoms with E-state index < -0.39 is 18.0 Å². The third-order valence-electron chi connectivity index (χ3n) is 2.91. The molecule has 7 heteroatoms. The van der Waals surface area contributed by atoms with E-state index in [-0.39, 0.29) is 17.8 Å². The van der Waals surface area contributed by atoms with Crippen LogP contribution in [0.4, 0.5) is 0 Å². The van der Waals surface area contributed by atoms with Gasteiger partial charge in [-0.05, 0) is 5.56 Å². The van der Waals surface area contributed by atoms with Crippen LogP contribution in [0.25, 0.3) is 0 Å². The van der Waals surface area contributed by atoms with Crippen molar-refractivity contribution in [2.45, 2.75) is 6.10 Å². The largest absolute Gasteiger partial charge is 0.478 e. The fourth-order valence-corrected chi connectivity index (χ4v) is 1.88. The van der Waals surface area contributed by atoms with Gasteiger partial charge in [0.15, 0.2) is 5.69 Å². The van der Waals surface area contributed by atoms with Crippen molar-refractivity contribution in [2.75, 3.05) is 6.54 Å². The highest BCUT2D eigenvalue weighted by Crippen LogP contribution is 2.11. The number of aromatic carboxylic acids is 1. The van der Waals surface area contributed by atoms with Crippen LogP contribution in [0.1, 0.15) is 32.5 Å². The molecule has 0 bridgehead atoms. The molecule has 0 saturated heterocycles. The molecule has 2 rings (SSSR count). The second-order valence-corrected chi connectivity index (χ2v) is 4.51. The molecule has 21 heavy (non-hydrogen) atoms. The minimum Gasteiger partial charge on any atom is -0.478 e. The molecule has 0 aliphatic heterocycles. The van der Waals surface area contributed by atoms with Crippen molar-refractivity contribution in [1.29, 1.82) is 0 Å². The van der Waals surface area contributed by atoms with Crippen LogP contribution in [0.2, 0.25) is 0 Å². The minimum absolute atomic E-state index is 0.0293. The van der Waals surface area contributed by atoms with Crippen LogP contribution in [0, 0.1) is 0 Å². The lowest BCUT2D eigenvalue weighted by atomic mass is 10.1. The molecule has 0 unspecified atom stereocenters. The standard InChI is InChI=1S/C14H15N3O4/c1-17-8-10(14(20)21)12(16-17)13(19)15-7-11(18)9-5-3-2-4-6-9/h2-6,8,11,18H,7H2,1H3,(H,15,19)(H,20,21)/t11-/m1/s1. The summed E-state index contributed by atoms with van der Waals surface area (Å²) >= 11 is 0. The molecule has 0 radical (unpaired) electrons. The molecule has 2 aromatic rings. The number of amides is 1. The Hall–Kier alpha value is -2.67. The molecule has 0 aliphatic carbocycles. The molecule has 1 heterocycles. The average molecular weight is 289 g/mol. The van der Waals surface area contributed by atoms with Crippen LogP contribution in [-0.4, -0.2) is 38.4 Å². The van der Waals surface area contributed by atoms with Crippen LogP contribution in [0.3, 0.4) is 0 Å². The predicted molar refractivity (Wildman–Crippen MR) is 73.9 cm³/mol. The van der Waals surface area contributed by atoms with E-state index in [1.165, 1.54) is 17.9 Å². The summed E-state index contributed by atoms with van der Waals surface area (Å²) in [5.74, 6) is -1.86. The summed E-state index contributed by atoms with van der Waals surface area (Å²) in [7, 11) is 1.53. The van der Waals surface area contributed by atoms with Crippen molar-refractivity contribution in [3.05, 3.63) is 53.3 Å². The first-order valence-corrected chi connectivity index (χ1v) is 6.27. The van der Waals surface area contributed by atoms with Gasteiger partial charge in [-0.3, -0.25) is 9.48 Å². The third-order valence-corrected chi connectivity index (χ3v) is 2.91. The molecule has 7 nitrogen and oxygen atoms in total. The lowest BCUT2D eigenvalue weighted by molar-refractivity contribution is 0.0690. The normalized spacial score (nSPS) is 11.9. The van der Waals surface area contributed by atoms with Crippen LogP contribution in [0.5, 0.6) is 0 Å². The Labute approximate surface area is 120 Å². The van der Waals surface area contributed by atoms with Crippen LogP contribution < -0.4 is 5.32 Å². The number of hydrogen-bond donors (Lipinski definition) is 3. The van der Waals surface area contributed by atoms with Crippen LogP contribution in [0.15, 0.2) is 36.5 Å². The van der Waals surface area contributed by atoms with E-state index in [2.05, 4.69) is 10.4 Å². The summed E-state index contributed by atoms with van der Waals surface area (Å²) < 4.78 is 1.26. The minimum atomic E-state index is -1.23. The van der Waals surface area contributed by atoms with Gasteiger partial charge in [0.1, 0.15) is 5.56 Å². The van der Waals surface area contributed by atoms with Crippen LogP contribution in [-0.2, 0) is 7.05 Å². The van der Waals surface area contributed by atoms with Gasteiger partial charge < -0.3 is 15.5 Å². The summed E-state index contributed by atoms with van der Waals surface area (Å²) in [5.41, 5.74) is 0.312. The molecule has 0 saturated carbocycles. The van der Waals surface area contributed by atoms with Gasteiger partial charge >= 0.3 is 5.97 Å². The predicted octanol–water partition coefficient (Wildman–Crippen LogP) is 0.582. The molecule has 1 aromatic carbocycles. The number of benzene rings is 1. The molecule has 0 spiro atoms. The van der Waals surface area contributed by atoms with E-state index in [0.29, 0.717) is 5.56 Å². The van der Waals surface area contributed by atoms with Gasteiger partial charge in [-0.15, -0.1) is 0 Å². The lowest BCUT2D eigenvalue weighted by Gasteiger charge is -2.11. The van der Waals surface area contributed by atoms with Crippen molar-refractivity contribution < 1.29 is 19.8 Å². The highest BCUT2D eigenvalue weighted by atomic mass is 16.4. The molecule has 0 aliphatic rings. The molecular formula is C14H15N3O4. The van der Waals surface area contributed by atoms with Gasteiger partial charge in [-0.25, -0.2) is 4.79 Å². The number of aryl methyl sites for hydroxylation is 1. The SMILES string of the molecule is Cn1cc(C(=O)O)c(C(=O)NC[C@@H](O)c2ccccc2)n1. The zero-order valence-corrected chi connectivity index (χ0v) is 11.4. The summed E-state index contributed by atoms with van der Waals surface area (Å²) in [4.78, 5) is 23.0. The maximum atomic E-state index is 12.0. The Bertz CT molecular complexity index is 651. The van der Waals surface area contributed by atoms with Gasteiger partial charge in [0, 0.05) is 19.8 Å². The van der Waals surface area contributed by atoms with Crippen LogP contribution >= 0.6 is 0 Å². The second kappa shape index (κ2) is 6.19. The molecule has 110 valence electrons. The number of carboxylic acid groups (broad SMARTS) is 1. The Balaban J connectivity index is 2.04.